The van der Waals surface area contributed by atoms with Crippen molar-refractivity contribution in [3.8, 4) is 0 Å². The van der Waals surface area contributed by atoms with Crippen LogP contribution in [0.2, 0.25) is 0 Å². The predicted octanol–water partition coefficient (Wildman–Crippen LogP) is 1.29. The van der Waals surface area contributed by atoms with E-state index in [1.54, 1.807) is 24.3 Å². The van der Waals surface area contributed by atoms with Crippen molar-refractivity contribution < 1.29 is 18.2 Å². The Morgan fingerprint density at radius 3 is 2.29 bits per heavy atom. The molecule has 0 saturated heterocycles. The van der Waals surface area contributed by atoms with Gasteiger partial charge in [0, 0.05) is 12.5 Å². The topological polar surface area (TPSA) is 14.0 Å². The lowest BCUT2D eigenvalue weighted by Crippen LogP contribution is -2.73. The average molecular weight is 202 g/mol. The molecule has 0 aromatic heterocycles. The Hall–Kier alpha value is -1.32. The van der Waals surface area contributed by atoms with Crippen molar-refractivity contribution in [3.05, 3.63) is 35.9 Å². The van der Waals surface area contributed by atoms with Crippen molar-refractivity contribution in [1.82, 2.24) is 0 Å². The van der Waals surface area contributed by atoms with E-state index in [2.05, 4.69) is 4.99 Å². The molecule has 1 aromatic carbocycles. The van der Waals surface area contributed by atoms with Gasteiger partial charge in [0.25, 0.3) is 5.71 Å². The van der Waals surface area contributed by atoms with Crippen LogP contribution in [0.15, 0.2) is 30.3 Å². The van der Waals surface area contributed by atoms with Gasteiger partial charge < -0.3 is 0 Å². The molecule has 0 aliphatic heterocycles. The maximum Gasteiger partial charge on any atom is 0.472 e. The second-order valence-electron chi connectivity index (χ2n) is 2.96. The summed E-state index contributed by atoms with van der Waals surface area (Å²) in [6.45, 7) is 1.23. The van der Waals surface area contributed by atoms with Crippen LogP contribution in [-0.2, 0) is 6.54 Å². The minimum Gasteiger partial charge on any atom is -0.237 e. The van der Waals surface area contributed by atoms with Crippen molar-refractivity contribution in [2.75, 3.05) is 0 Å². The number of nitrogens with one attached hydrogen (secondary N) is 1. The summed E-state index contributed by atoms with van der Waals surface area (Å²) in [4.78, 5) is 2.33. The van der Waals surface area contributed by atoms with Crippen molar-refractivity contribution in [2.45, 2.75) is 19.6 Å². The first-order valence-corrected chi connectivity index (χ1v) is 4.18. The summed E-state index contributed by atoms with van der Waals surface area (Å²) in [6.07, 6.45) is -4.26. The summed E-state index contributed by atoms with van der Waals surface area (Å²) in [5, 5.41) is 0. The maximum atomic E-state index is 12.1. The molecule has 14 heavy (non-hydrogen) atoms. The number of hydrogen-bond acceptors (Lipinski definition) is 0. The summed E-state index contributed by atoms with van der Waals surface area (Å²) < 4.78 is 36.2. The highest BCUT2D eigenvalue weighted by Gasteiger charge is 2.37. The quantitative estimate of drug-likeness (QED) is 0.695. The fourth-order valence-corrected chi connectivity index (χ4v) is 0.931. The van der Waals surface area contributed by atoms with Crippen molar-refractivity contribution in [3.63, 3.8) is 0 Å². The molecule has 1 aromatic rings. The summed E-state index contributed by atoms with van der Waals surface area (Å²) in [5.41, 5.74) is 0.164. The van der Waals surface area contributed by atoms with Crippen LogP contribution < -0.4 is 4.99 Å². The van der Waals surface area contributed by atoms with Gasteiger partial charge in [0.2, 0.25) is 0 Å². The molecular weight excluding hydrogens is 191 g/mol. The highest BCUT2D eigenvalue weighted by molar-refractivity contribution is 5.81. The monoisotopic (exact) mass is 202 g/mol. The molecule has 0 aliphatic carbocycles. The van der Waals surface area contributed by atoms with Crippen LogP contribution in [0.3, 0.4) is 0 Å². The lowest BCUT2D eigenvalue weighted by atomic mass is 10.2. The van der Waals surface area contributed by atoms with E-state index in [-0.39, 0.29) is 6.54 Å². The van der Waals surface area contributed by atoms with Crippen LogP contribution in [0.5, 0.6) is 0 Å². The van der Waals surface area contributed by atoms with Gasteiger partial charge in [-0.3, -0.25) is 0 Å². The van der Waals surface area contributed by atoms with E-state index in [4.69, 9.17) is 0 Å². The Kier molecular flexibility index (Phi) is 3.28. The van der Waals surface area contributed by atoms with E-state index in [0.29, 0.717) is 0 Å². The van der Waals surface area contributed by atoms with E-state index in [9.17, 15) is 13.2 Å². The standard InChI is InChI=1S/C10H10F3N/c1-8(10(11,12)13)14-7-9-5-3-2-4-6-9/h2-6H,7H2,1H3/p+1. The molecule has 4 heteroatoms. The predicted molar refractivity (Wildman–Crippen MR) is 47.8 cm³/mol. The third-order valence-corrected chi connectivity index (χ3v) is 1.83. The van der Waals surface area contributed by atoms with E-state index < -0.39 is 11.9 Å². The number of alkyl halides is 3. The Balaban J connectivity index is 2.65. The molecule has 0 heterocycles. The second kappa shape index (κ2) is 4.26. The van der Waals surface area contributed by atoms with Gasteiger partial charge in [-0.1, -0.05) is 30.3 Å². The van der Waals surface area contributed by atoms with Gasteiger partial charge in [-0.05, 0) is 0 Å². The molecule has 0 spiro atoms. The van der Waals surface area contributed by atoms with Crippen LogP contribution >= 0.6 is 0 Å². The molecule has 0 amide bonds. The minimum atomic E-state index is -4.26. The molecule has 1 rings (SSSR count). The third-order valence-electron chi connectivity index (χ3n) is 1.83. The van der Waals surface area contributed by atoms with Crippen molar-refractivity contribution >= 4 is 5.71 Å². The maximum absolute atomic E-state index is 12.1. The molecule has 0 fully saturated rings. The third kappa shape index (κ3) is 3.20. The van der Waals surface area contributed by atoms with Crippen LogP contribution in [-0.4, -0.2) is 11.9 Å². The highest BCUT2D eigenvalue weighted by atomic mass is 19.4. The summed E-state index contributed by atoms with van der Waals surface area (Å²) in [7, 11) is 0. The molecule has 0 radical (unpaired) electrons. The zero-order valence-corrected chi connectivity index (χ0v) is 7.73. The second-order valence-corrected chi connectivity index (χ2v) is 2.96. The first kappa shape index (κ1) is 10.8. The number of benzene rings is 1. The smallest absolute Gasteiger partial charge is 0.237 e. The van der Waals surface area contributed by atoms with Gasteiger partial charge in [-0.15, -0.1) is 0 Å². The largest absolute Gasteiger partial charge is 0.472 e. The number of halogens is 3. The normalized spacial score (nSPS) is 13.0. The molecular formula is C10H11F3N+. The van der Waals surface area contributed by atoms with Gasteiger partial charge in [0.1, 0.15) is 0 Å². The SMILES string of the molecule is CC(=[NH+]Cc1ccccc1)C(F)(F)F. The molecule has 0 saturated carbocycles. The zero-order valence-electron chi connectivity index (χ0n) is 7.73. The first-order valence-electron chi connectivity index (χ1n) is 4.18. The summed E-state index contributed by atoms with van der Waals surface area (Å²) >= 11 is 0. The fraction of sp³-hybridized carbons (Fsp3) is 0.300. The lowest BCUT2D eigenvalue weighted by Gasteiger charge is -1.99. The van der Waals surface area contributed by atoms with Crippen LogP contribution in [0.1, 0.15) is 12.5 Å². The molecule has 1 N–H and O–H groups in total. The average Bonchev–Trinajstić information content (AvgIpc) is 2.14. The van der Waals surface area contributed by atoms with Crippen molar-refractivity contribution in [1.29, 1.82) is 0 Å². The molecule has 0 unspecified atom stereocenters. The van der Waals surface area contributed by atoms with Crippen molar-refractivity contribution in [2.24, 2.45) is 0 Å². The molecule has 0 atom stereocenters. The fourth-order valence-electron chi connectivity index (χ4n) is 0.931. The first-order chi connectivity index (χ1) is 6.50. The molecule has 1 nitrogen and oxygen atoms in total. The Bertz CT molecular complexity index is 314. The Morgan fingerprint density at radius 1 is 1.21 bits per heavy atom. The summed E-state index contributed by atoms with van der Waals surface area (Å²) in [6, 6.07) is 8.96. The van der Waals surface area contributed by atoms with E-state index >= 15 is 0 Å². The highest BCUT2D eigenvalue weighted by Crippen LogP contribution is 2.13. The van der Waals surface area contributed by atoms with E-state index in [1.807, 2.05) is 6.07 Å². The van der Waals surface area contributed by atoms with Gasteiger partial charge in [-0.25, -0.2) is 4.99 Å². The minimum absolute atomic E-state index is 0.201. The van der Waals surface area contributed by atoms with Gasteiger partial charge in [0.05, 0.1) is 0 Å². The molecule has 0 aliphatic rings. The van der Waals surface area contributed by atoms with Crippen LogP contribution in [0, 0.1) is 0 Å². The van der Waals surface area contributed by atoms with E-state index in [0.717, 1.165) is 12.5 Å². The Labute approximate surface area is 80.3 Å². The zero-order chi connectivity index (χ0) is 10.6. The lowest BCUT2D eigenvalue weighted by molar-refractivity contribution is -0.484. The van der Waals surface area contributed by atoms with E-state index in [1.165, 1.54) is 0 Å². The number of hydrogen-bond donors (Lipinski definition) is 1. The number of rotatable bonds is 2. The van der Waals surface area contributed by atoms with Crippen LogP contribution in [0.4, 0.5) is 13.2 Å². The van der Waals surface area contributed by atoms with Crippen LogP contribution in [0.25, 0.3) is 0 Å². The van der Waals surface area contributed by atoms with Gasteiger partial charge >= 0.3 is 6.18 Å². The Morgan fingerprint density at radius 2 is 1.79 bits per heavy atom. The summed E-state index contributed by atoms with van der Waals surface area (Å²) in [5.74, 6) is 0. The molecule has 76 valence electrons. The molecule has 0 bridgehead atoms. The van der Waals surface area contributed by atoms with Gasteiger partial charge in [0.15, 0.2) is 6.54 Å². The van der Waals surface area contributed by atoms with Gasteiger partial charge in [-0.2, -0.15) is 13.2 Å².